The fraction of sp³-hybridized carbons (Fsp3) is 0.320. The Balaban J connectivity index is 1.46. The predicted molar refractivity (Wildman–Crippen MR) is 131 cm³/mol. The Morgan fingerprint density at radius 1 is 1.33 bits per heavy atom. The molecule has 33 heavy (non-hydrogen) atoms. The number of rotatable bonds is 8. The molecule has 0 aliphatic carbocycles. The zero-order chi connectivity index (χ0) is 23.2. The van der Waals surface area contributed by atoms with Crippen LogP contribution in [0.2, 0.25) is 0 Å². The van der Waals surface area contributed by atoms with Gasteiger partial charge < -0.3 is 20.5 Å². The van der Waals surface area contributed by atoms with Gasteiger partial charge >= 0.3 is 0 Å². The van der Waals surface area contributed by atoms with Gasteiger partial charge in [0, 0.05) is 26.2 Å². The molecular formula is C25H30FN7. The third-order valence-corrected chi connectivity index (χ3v) is 5.91. The number of likely N-dealkylation sites (tertiary alicyclic amines) is 1. The summed E-state index contributed by atoms with van der Waals surface area (Å²) in [6, 6.07) is 12.6. The van der Waals surface area contributed by atoms with Gasteiger partial charge in [0.05, 0.1) is 23.6 Å². The third-order valence-electron chi connectivity index (χ3n) is 5.91. The van der Waals surface area contributed by atoms with Crippen LogP contribution in [0, 0.1) is 11.2 Å². The number of benzene rings is 1. The van der Waals surface area contributed by atoms with Crippen LogP contribution in [0.25, 0.3) is 17.5 Å². The minimum atomic E-state index is -0.243. The van der Waals surface area contributed by atoms with E-state index in [0.29, 0.717) is 18.2 Å². The second-order valence-electron chi connectivity index (χ2n) is 8.06. The first-order chi connectivity index (χ1) is 16.1. The standard InChI is InChI=1S/C25H30FN7/c1-2-32(15-13-27)25-10-4-8-20(31-25)21-17-29-24(30-21)12-11-23(28)33-14-5-9-22(33)18-6-3-7-19(26)16-18/h3-4,6-8,10-12,16-17,22,28H,2,5,9,13-15,27H2,1H3,(H,29,30)/b12-11-,28-23?. The van der Waals surface area contributed by atoms with Crippen molar-refractivity contribution < 1.29 is 4.39 Å². The molecule has 1 atom stereocenters. The molecule has 1 aliphatic heterocycles. The van der Waals surface area contributed by atoms with Crippen molar-refractivity contribution in [3.05, 3.63) is 71.9 Å². The summed E-state index contributed by atoms with van der Waals surface area (Å²) in [5.41, 5.74) is 8.24. The summed E-state index contributed by atoms with van der Waals surface area (Å²) in [6.45, 7) is 5.01. The van der Waals surface area contributed by atoms with E-state index in [1.807, 2.05) is 29.2 Å². The maximum Gasteiger partial charge on any atom is 0.130 e. The van der Waals surface area contributed by atoms with Crippen molar-refractivity contribution in [3.8, 4) is 11.4 Å². The van der Waals surface area contributed by atoms with Crippen LogP contribution in [0.1, 0.15) is 37.2 Å². The Kier molecular flexibility index (Phi) is 7.14. The summed E-state index contributed by atoms with van der Waals surface area (Å²) in [4.78, 5) is 16.6. The number of anilines is 1. The van der Waals surface area contributed by atoms with Crippen LogP contribution < -0.4 is 10.6 Å². The monoisotopic (exact) mass is 447 g/mol. The molecular weight excluding hydrogens is 417 g/mol. The lowest BCUT2D eigenvalue weighted by Gasteiger charge is -2.26. The zero-order valence-corrected chi connectivity index (χ0v) is 18.8. The molecule has 0 spiro atoms. The van der Waals surface area contributed by atoms with Gasteiger partial charge in [0.25, 0.3) is 0 Å². The van der Waals surface area contributed by atoms with Gasteiger partial charge in [-0.05, 0) is 61.7 Å². The quantitative estimate of drug-likeness (QED) is 0.355. The van der Waals surface area contributed by atoms with Crippen LogP contribution in [0.4, 0.5) is 10.2 Å². The minimum absolute atomic E-state index is 0.0204. The minimum Gasteiger partial charge on any atom is -0.356 e. The van der Waals surface area contributed by atoms with Gasteiger partial charge in [-0.2, -0.15) is 0 Å². The highest BCUT2D eigenvalue weighted by atomic mass is 19.1. The first-order valence-electron chi connectivity index (χ1n) is 11.3. The molecule has 2 aromatic heterocycles. The molecule has 8 heteroatoms. The van der Waals surface area contributed by atoms with Crippen LogP contribution >= 0.6 is 0 Å². The fourth-order valence-electron chi connectivity index (χ4n) is 4.26. The SMILES string of the molecule is CCN(CCN)c1cccc(-c2cnc(/C=C\C(=N)N3CCCC3c3cccc(F)c3)[nH]2)n1. The number of amidine groups is 1. The van der Waals surface area contributed by atoms with E-state index >= 15 is 0 Å². The second-order valence-corrected chi connectivity index (χ2v) is 8.06. The van der Waals surface area contributed by atoms with Gasteiger partial charge in [0.1, 0.15) is 23.3 Å². The lowest BCUT2D eigenvalue weighted by atomic mass is 10.0. The maximum absolute atomic E-state index is 13.7. The van der Waals surface area contributed by atoms with Crippen molar-refractivity contribution in [2.75, 3.05) is 31.1 Å². The number of H-pyrrole nitrogens is 1. The molecule has 1 fully saturated rings. The first-order valence-corrected chi connectivity index (χ1v) is 11.3. The molecule has 1 aromatic carbocycles. The molecule has 3 aromatic rings. The van der Waals surface area contributed by atoms with Crippen LogP contribution in [0.3, 0.4) is 0 Å². The van der Waals surface area contributed by atoms with Gasteiger partial charge in [-0.15, -0.1) is 0 Å². The van der Waals surface area contributed by atoms with Crippen LogP contribution in [0.5, 0.6) is 0 Å². The molecule has 7 nitrogen and oxygen atoms in total. The number of pyridine rings is 1. The maximum atomic E-state index is 13.7. The molecule has 4 N–H and O–H groups in total. The van der Waals surface area contributed by atoms with E-state index in [4.69, 9.17) is 16.1 Å². The van der Waals surface area contributed by atoms with E-state index in [2.05, 4.69) is 21.8 Å². The lowest BCUT2D eigenvalue weighted by molar-refractivity contribution is 0.399. The summed E-state index contributed by atoms with van der Waals surface area (Å²) in [5, 5.41) is 8.55. The van der Waals surface area contributed by atoms with Gasteiger partial charge in [-0.1, -0.05) is 18.2 Å². The van der Waals surface area contributed by atoms with E-state index < -0.39 is 0 Å². The summed E-state index contributed by atoms with van der Waals surface area (Å²) in [6.07, 6.45) is 7.17. The topological polar surface area (TPSA) is 97.9 Å². The molecule has 3 heterocycles. The number of nitrogens with one attached hydrogen (secondary N) is 2. The highest BCUT2D eigenvalue weighted by Crippen LogP contribution is 2.32. The Morgan fingerprint density at radius 2 is 2.18 bits per heavy atom. The average Bonchev–Trinajstić information content (AvgIpc) is 3.51. The molecule has 1 unspecified atom stereocenters. The van der Waals surface area contributed by atoms with E-state index in [-0.39, 0.29) is 11.9 Å². The second kappa shape index (κ2) is 10.4. The van der Waals surface area contributed by atoms with Crippen LogP contribution in [-0.4, -0.2) is 51.9 Å². The fourth-order valence-corrected chi connectivity index (χ4v) is 4.26. The van der Waals surface area contributed by atoms with Crippen molar-refractivity contribution in [2.24, 2.45) is 5.73 Å². The van der Waals surface area contributed by atoms with E-state index in [1.54, 1.807) is 30.5 Å². The van der Waals surface area contributed by atoms with Gasteiger partial charge in [0.2, 0.25) is 0 Å². The van der Waals surface area contributed by atoms with Crippen molar-refractivity contribution in [1.82, 2.24) is 19.9 Å². The van der Waals surface area contributed by atoms with Gasteiger partial charge in [-0.3, -0.25) is 5.41 Å². The smallest absolute Gasteiger partial charge is 0.130 e. The zero-order valence-electron chi connectivity index (χ0n) is 18.8. The molecule has 1 aliphatic rings. The highest BCUT2D eigenvalue weighted by Gasteiger charge is 2.27. The summed E-state index contributed by atoms with van der Waals surface area (Å²) < 4.78 is 13.7. The van der Waals surface area contributed by atoms with Crippen molar-refractivity contribution in [2.45, 2.75) is 25.8 Å². The number of nitrogens with zero attached hydrogens (tertiary/aromatic N) is 4. The Bertz CT molecular complexity index is 1120. The van der Waals surface area contributed by atoms with E-state index in [0.717, 1.165) is 55.2 Å². The van der Waals surface area contributed by atoms with Gasteiger partial charge in [-0.25, -0.2) is 14.4 Å². The normalized spacial score (nSPS) is 16.0. The number of hydrogen-bond acceptors (Lipinski definition) is 5. The highest BCUT2D eigenvalue weighted by molar-refractivity contribution is 5.94. The number of halogens is 1. The molecule has 1 saturated heterocycles. The Morgan fingerprint density at radius 3 is 2.97 bits per heavy atom. The molecule has 0 radical (unpaired) electrons. The number of aromatic amines is 1. The number of imidazole rings is 1. The molecule has 0 saturated carbocycles. The number of nitrogens with two attached hydrogens (primary N) is 1. The lowest BCUT2D eigenvalue weighted by Crippen LogP contribution is -2.29. The summed E-state index contributed by atoms with van der Waals surface area (Å²) >= 11 is 0. The van der Waals surface area contributed by atoms with Crippen molar-refractivity contribution >= 4 is 17.7 Å². The third kappa shape index (κ3) is 5.28. The summed E-state index contributed by atoms with van der Waals surface area (Å²) in [7, 11) is 0. The summed E-state index contributed by atoms with van der Waals surface area (Å²) in [5.74, 6) is 1.68. The molecule has 172 valence electrons. The predicted octanol–water partition coefficient (Wildman–Crippen LogP) is 4.22. The largest absolute Gasteiger partial charge is 0.356 e. The van der Waals surface area contributed by atoms with Crippen molar-refractivity contribution in [1.29, 1.82) is 5.41 Å². The van der Waals surface area contributed by atoms with E-state index in [9.17, 15) is 4.39 Å². The molecule has 0 bridgehead atoms. The number of hydrogen-bond donors (Lipinski definition) is 3. The molecule has 4 rings (SSSR count). The van der Waals surface area contributed by atoms with E-state index in [1.165, 1.54) is 6.07 Å². The average molecular weight is 448 g/mol. The van der Waals surface area contributed by atoms with Crippen molar-refractivity contribution in [3.63, 3.8) is 0 Å². The number of aromatic nitrogens is 3. The first kappa shape index (κ1) is 22.7. The van der Waals surface area contributed by atoms with Crippen LogP contribution in [-0.2, 0) is 0 Å². The molecule has 0 amide bonds. The van der Waals surface area contributed by atoms with Gasteiger partial charge in [0.15, 0.2) is 0 Å². The Hall–Kier alpha value is -3.52. The van der Waals surface area contributed by atoms with Crippen LogP contribution in [0.15, 0.2) is 54.7 Å². The Labute approximate surface area is 193 Å². The number of likely N-dealkylation sites (N-methyl/N-ethyl adjacent to an activating group) is 1.